The van der Waals surface area contributed by atoms with E-state index in [0.29, 0.717) is 6.42 Å². The lowest BCUT2D eigenvalue weighted by Crippen LogP contribution is -2.46. The largest absolute Gasteiger partial charge is 0.433 e. The Kier molecular flexibility index (Phi) is 5.33. The van der Waals surface area contributed by atoms with Crippen molar-refractivity contribution in [2.75, 3.05) is 18.9 Å². The van der Waals surface area contributed by atoms with E-state index >= 15 is 0 Å². The zero-order valence-electron chi connectivity index (χ0n) is 16.2. The maximum absolute atomic E-state index is 12.6. The number of nitrogens with one attached hydrogen (secondary N) is 3. The molecule has 1 aliphatic heterocycles. The van der Waals surface area contributed by atoms with Crippen molar-refractivity contribution < 1.29 is 18.0 Å². The average Bonchev–Trinajstić information content (AvgIpc) is 3.13. The highest BCUT2D eigenvalue weighted by atomic mass is 19.4. The zero-order valence-corrected chi connectivity index (χ0v) is 16.2. The number of pyridine rings is 1. The molecule has 3 aromatic rings. The van der Waals surface area contributed by atoms with Gasteiger partial charge in [-0.25, -0.2) is 14.8 Å². The van der Waals surface area contributed by atoms with Gasteiger partial charge in [0.1, 0.15) is 11.5 Å². The van der Waals surface area contributed by atoms with Crippen molar-refractivity contribution in [1.82, 2.24) is 25.2 Å². The SMILES string of the molecule is CN1CCC(NC(=O)Nc2ccc(C(F)(F)F)nc2)C[C@@H]1c1nc2ccccc2[nH]1. The Bertz CT molecular complexity index is 1000. The van der Waals surface area contributed by atoms with Crippen molar-refractivity contribution in [3.8, 4) is 0 Å². The second kappa shape index (κ2) is 7.94. The molecular weight excluding hydrogens is 397 g/mol. The molecule has 30 heavy (non-hydrogen) atoms. The summed E-state index contributed by atoms with van der Waals surface area (Å²) in [6, 6.07) is 9.25. The third-order valence-corrected chi connectivity index (χ3v) is 5.24. The lowest BCUT2D eigenvalue weighted by molar-refractivity contribution is -0.141. The molecule has 0 spiro atoms. The van der Waals surface area contributed by atoms with Gasteiger partial charge in [-0.15, -0.1) is 0 Å². The van der Waals surface area contributed by atoms with Crippen molar-refractivity contribution in [2.45, 2.75) is 31.1 Å². The number of anilines is 1. The highest BCUT2D eigenvalue weighted by Gasteiger charge is 2.32. The van der Waals surface area contributed by atoms with Crippen LogP contribution in [0.25, 0.3) is 11.0 Å². The van der Waals surface area contributed by atoms with Gasteiger partial charge in [0, 0.05) is 12.6 Å². The van der Waals surface area contributed by atoms with E-state index < -0.39 is 17.9 Å². The minimum Gasteiger partial charge on any atom is -0.341 e. The number of nitrogens with zero attached hydrogens (tertiary/aromatic N) is 3. The number of aromatic nitrogens is 3. The molecule has 1 unspecified atom stereocenters. The van der Waals surface area contributed by atoms with Gasteiger partial charge in [0.05, 0.1) is 29.0 Å². The number of rotatable bonds is 3. The molecule has 3 N–H and O–H groups in total. The fourth-order valence-electron chi connectivity index (χ4n) is 3.65. The molecule has 1 saturated heterocycles. The number of hydrogen-bond donors (Lipinski definition) is 3. The Hall–Kier alpha value is -3.14. The van der Waals surface area contributed by atoms with Crippen LogP contribution in [0.4, 0.5) is 23.7 Å². The van der Waals surface area contributed by atoms with Crippen molar-refractivity contribution in [3.63, 3.8) is 0 Å². The third kappa shape index (κ3) is 4.38. The summed E-state index contributed by atoms with van der Waals surface area (Å²) in [6.07, 6.45) is -2.10. The summed E-state index contributed by atoms with van der Waals surface area (Å²) in [7, 11) is 2.02. The number of fused-ring (bicyclic) bond motifs is 1. The van der Waals surface area contributed by atoms with Crippen LogP contribution in [-0.2, 0) is 6.18 Å². The number of H-pyrrole nitrogens is 1. The van der Waals surface area contributed by atoms with E-state index in [9.17, 15) is 18.0 Å². The van der Waals surface area contributed by atoms with Gasteiger partial charge in [0.15, 0.2) is 0 Å². The van der Waals surface area contributed by atoms with Crippen molar-refractivity contribution in [3.05, 3.63) is 54.1 Å². The lowest BCUT2D eigenvalue weighted by Gasteiger charge is -2.36. The maximum atomic E-state index is 12.6. The van der Waals surface area contributed by atoms with Crippen LogP contribution in [-0.4, -0.2) is 45.5 Å². The number of para-hydroxylation sites is 2. The van der Waals surface area contributed by atoms with Gasteiger partial charge in [-0.1, -0.05) is 12.1 Å². The fraction of sp³-hybridized carbons (Fsp3) is 0.350. The van der Waals surface area contributed by atoms with Crippen LogP contribution in [0.15, 0.2) is 42.6 Å². The van der Waals surface area contributed by atoms with Gasteiger partial charge in [-0.2, -0.15) is 13.2 Å². The fourth-order valence-corrected chi connectivity index (χ4v) is 3.65. The first-order valence-electron chi connectivity index (χ1n) is 9.55. The predicted octanol–water partition coefficient (Wildman–Crippen LogP) is 3.93. The van der Waals surface area contributed by atoms with Gasteiger partial charge < -0.3 is 15.6 Å². The molecule has 0 bridgehead atoms. The van der Waals surface area contributed by atoms with E-state index in [2.05, 4.69) is 30.5 Å². The van der Waals surface area contributed by atoms with Gasteiger partial charge in [-0.05, 0) is 44.2 Å². The van der Waals surface area contributed by atoms with Crippen LogP contribution >= 0.6 is 0 Å². The first kappa shape index (κ1) is 20.1. The molecule has 0 radical (unpaired) electrons. The van der Waals surface area contributed by atoms with Crippen molar-refractivity contribution >= 4 is 22.8 Å². The minimum absolute atomic E-state index is 0.0178. The van der Waals surface area contributed by atoms with E-state index in [4.69, 9.17) is 0 Å². The van der Waals surface area contributed by atoms with Crippen LogP contribution in [0.3, 0.4) is 0 Å². The van der Waals surface area contributed by atoms with Gasteiger partial charge in [-0.3, -0.25) is 4.90 Å². The number of benzene rings is 1. The molecule has 0 saturated carbocycles. The quantitative estimate of drug-likeness (QED) is 0.602. The molecule has 2 aromatic heterocycles. The number of amides is 2. The number of likely N-dealkylation sites (tertiary alicyclic amines) is 1. The Labute approximate surface area is 170 Å². The maximum Gasteiger partial charge on any atom is 0.433 e. The van der Waals surface area contributed by atoms with Crippen molar-refractivity contribution in [1.29, 1.82) is 0 Å². The van der Waals surface area contributed by atoms with Crippen LogP contribution < -0.4 is 10.6 Å². The molecule has 3 heterocycles. The molecule has 2 atom stereocenters. The molecule has 1 fully saturated rings. The third-order valence-electron chi connectivity index (χ3n) is 5.24. The summed E-state index contributed by atoms with van der Waals surface area (Å²) in [5.41, 5.74) is 1.05. The molecule has 1 aromatic carbocycles. The minimum atomic E-state index is -4.51. The number of halogens is 3. The summed E-state index contributed by atoms with van der Waals surface area (Å²) in [4.78, 5) is 25.9. The molecule has 10 heteroatoms. The van der Waals surface area contributed by atoms with Gasteiger partial charge in [0.25, 0.3) is 0 Å². The zero-order chi connectivity index (χ0) is 21.3. The number of imidazole rings is 1. The molecule has 1 aliphatic rings. The Morgan fingerprint density at radius 1 is 1.23 bits per heavy atom. The average molecular weight is 418 g/mol. The van der Waals surface area contributed by atoms with Crippen molar-refractivity contribution in [2.24, 2.45) is 0 Å². The molecule has 7 nitrogen and oxygen atoms in total. The second-order valence-electron chi connectivity index (χ2n) is 7.39. The number of hydrogen-bond acceptors (Lipinski definition) is 4. The summed E-state index contributed by atoms with van der Waals surface area (Å²) >= 11 is 0. The summed E-state index contributed by atoms with van der Waals surface area (Å²) in [6.45, 7) is 0.772. The number of alkyl halides is 3. The molecule has 0 aliphatic carbocycles. The molecule has 2 amide bonds. The highest BCUT2D eigenvalue weighted by Crippen LogP contribution is 2.30. The lowest BCUT2D eigenvalue weighted by atomic mass is 9.97. The van der Waals surface area contributed by atoms with Gasteiger partial charge >= 0.3 is 12.2 Å². The summed E-state index contributed by atoms with van der Waals surface area (Å²) in [5, 5.41) is 5.44. The van der Waals surface area contributed by atoms with E-state index in [1.165, 1.54) is 6.07 Å². The highest BCUT2D eigenvalue weighted by molar-refractivity contribution is 5.89. The first-order chi connectivity index (χ1) is 14.3. The second-order valence-corrected chi connectivity index (χ2v) is 7.39. The number of carbonyl (C=O) groups excluding carboxylic acids is 1. The molecule has 4 rings (SSSR count). The van der Waals surface area contributed by atoms with Crippen LogP contribution in [0.2, 0.25) is 0 Å². The smallest absolute Gasteiger partial charge is 0.341 e. The predicted molar refractivity (Wildman–Crippen MR) is 106 cm³/mol. The van der Waals surface area contributed by atoms with Crippen LogP contribution in [0, 0.1) is 0 Å². The topological polar surface area (TPSA) is 85.9 Å². The molecular formula is C20H21F3N6O. The standard InChI is InChI=1S/C20H21F3N6O/c1-29-9-8-12(10-16(29)18-27-14-4-2-3-5-15(14)28-18)25-19(30)26-13-6-7-17(24-11-13)20(21,22)23/h2-7,11-12,16H,8-10H2,1H3,(H,27,28)(H2,25,26,30)/t12?,16-/m1/s1. The first-order valence-corrected chi connectivity index (χ1v) is 9.55. The number of carbonyl (C=O) groups is 1. The van der Waals surface area contributed by atoms with Gasteiger partial charge in [0.2, 0.25) is 0 Å². The summed E-state index contributed by atoms with van der Waals surface area (Å²) < 4.78 is 37.8. The van der Waals surface area contributed by atoms with E-state index in [1.807, 2.05) is 31.3 Å². The number of urea groups is 1. The van der Waals surface area contributed by atoms with Crippen LogP contribution in [0.1, 0.15) is 30.4 Å². The number of aromatic amines is 1. The normalized spacial score (nSPS) is 20.3. The summed E-state index contributed by atoms with van der Waals surface area (Å²) in [5.74, 6) is 0.845. The Balaban J connectivity index is 1.39. The number of piperidine rings is 1. The van der Waals surface area contributed by atoms with E-state index in [0.717, 1.165) is 42.1 Å². The Morgan fingerprint density at radius 2 is 2.03 bits per heavy atom. The van der Waals surface area contributed by atoms with E-state index in [1.54, 1.807) is 0 Å². The van der Waals surface area contributed by atoms with Crippen LogP contribution in [0.5, 0.6) is 0 Å². The molecule has 158 valence electrons. The monoisotopic (exact) mass is 418 g/mol. The van der Waals surface area contributed by atoms with E-state index in [-0.39, 0.29) is 17.8 Å². The Morgan fingerprint density at radius 3 is 2.73 bits per heavy atom.